The Morgan fingerprint density at radius 2 is 1.84 bits per heavy atom. The molecule has 0 unspecified atom stereocenters. The van der Waals surface area contributed by atoms with Gasteiger partial charge in [0.1, 0.15) is 5.82 Å². The quantitative estimate of drug-likeness (QED) is 0.217. The number of methoxy groups -OCH3 is 1. The minimum absolute atomic E-state index is 0.0631. The normalized spacial score (nSPS) is 11.4. The first kappa shape index (κ1) is 23.9. The molecule has 0 spiro atoms. The lowest BCUT2D eigenvalue weighted by Crippen LogP contribution is -2.27. The fourth-order valence-electron chi connectivity index (χ4n) is 2.90. The van der Waals surface area contributed by atoms with Crippen LogP contribution in [-0.2, 0) is 26.0 Å². The van der Waals surface area contributed by atoms with Crippen LogP contribution >= 0.6 is 11.8 Å². The molecule has 2 aromatic carbocycles. The van der Waals surface area contributed by atoms with Crippen molar-refractivity contribution in [1.29, 1.82) is 0 Å². The van der Waals surface area contributed by atoms with Gasteiger partial charge in [-0.05, 0) is 36.2 Å². The molecule has 0 saturated heterocycles. The van der Waals surface area contributed by atoms with Gasteiger partial charge in [0.15, 0.2) is 5.16 Å². The zero-order valence-corrected chi connectivity index (χ0v) is 19.2. The molecule has 0 fully saturated rings. The molecule has 1 heterocycles. The summed E-state index contributed by atoms with van der Waals surface area (Å²) >= 11 is 1.26. The highest BCUT2D eigenvalue weighted by molar-refractivity contribution is 7.99. The maximum absolute atomic E-state index is 12.2. The number of hydrogen-bond donors (Lipinski definition) is 3. The fraction of sp³-hybridized carbons (Fsp3) is 0.286. The van der Waals surface area contributed by atoms with E-state index in [1.54, 1.807) is 19.2 Å². The monoisotopic (exact) mass is 475 g/mol. The van der Waals surface area contributed by atoms with E-state index >= 15 is 0 Å². The molecular formula is C21H25N5O4S2. The van der Waals surface area contributed by atoms with Gasteiger partial charge in [-0.1, -0.05) is 36.0 Å². The number of fused-ring (bicyclic) bond motifs is 1. The van der Waals surface area contributed by atoms with Crippen LogP contribution in [0.4, 0.5) is 5.82 Å². The van der Waals surface area contributed by atoms with E-state index in [0.717, 1.165) is 16.5 Å². The standard InChI is InChI=1S/C21H25N5O4S2/c1-30-13-12-24-20-17-4-2-3-5-18(17)25-21(26-20)31-14-19(27)23-11-10-15-6-8-16(9-7-15)32(22,28)29/h2-9H,10-14H2,1H3,(H,23,27)(H2,22,28,29)(H,24,25,26). The molecule has 0 atom stereocenters. The zero-order valence-electron chi connectivity index (χ0n) is 17.6. The number of benzene rings is 2. The number of hydrogen-bond acceptors (Lipinski definition) is 8. The average Bonchev–Trinajstić information content (AvgIpc) is 2.77. The van der Waals surface area contributed by atoms with Crippen molar-refractivity contribution in [3.8, 4) is 0 Å². The Morgan fingerprint density at radius 1 is 1.09 bits per heavy atom. The number of nitrogens with two attached hydrogens (primary N) is 1. The molecule has 0 aliphatic heterocycles. The summed E-state index contributed by atoms with van der Waals surface area (Å²) in [6.07, 6.45) is 0.571. The number of amides is 1. The molecule has 3 aromatic rings. The second kappa shape index (κ2) is 11.2. The highest BCUT2D eigenvalue weighted by atomic mass is 32.2. The lowest BCUT2D eigenvalue weighted by Gasteiger charge is -2.10. The van der Waals surface area contributed by atoms with E-state index in [1.807, 2.05) is 24.3 Å². The Hall–Kier alpha value is -2.73. The van der Waals surface area contributed by atoms with Crippen molar-refractivity contribution >= 4 is 44.4 Å². The van der Waals surface area contributed by atoms with Crippen molar-refractivity contribution in [1.82, 2.24) is 15.3 Å². The molecule has 0 aliphatic carbocycles. The maximum Gasteiger partial charge on any atom is 0.238 e. The van der Waals surface area contributed by atoms with Gasteiger partial charge in [0.2, 0.25) is 15.9 Å². The summed E-state index contributed by atoms with van der Waals surface area (Å²) in [4.78, 5) is 21.4. The number of aromatic nitrogens is 2. The number of para-hydroxylation sites is 1. The highest BCUT2D eigenvalue weighted by Gasteiger charge is 2.10. The third-order valence-corrected chi connectivity index (χ3v) is 6.28. The number of nitrogens with zero attached hydrogens (tertiary/aromatic N) is 2. The lowest BCUT2D eigenvalue weighted by molar-refractivity contribution is -0.118. The van der Waals surface area contributed by atoms with Gasteiger partial charge in [0, 0.05) is 25.6 Å². The van der Waals surface area contributed by atoms with Gasteiger partial charge in [-0.2, -0.15) is 0 Å². The number of sulfonamides is 1. The molecule has 0 bridgehead atoms. The number of nitrogens with one attached hydrogen (secondary N) is 2. The van der Waals surface area contributed by atoms with Crippen LogP contribution in [-0.4, -0.2) is 56.9 Å². The Labute approximate surface area is 191 Å². The van der Waals surface area contributed by atoms with Crippen LogP contribution in [0.1, 0.15) is 5.56 Å². The first-order valence-electron chi connectivity index (χ1n) is 9.87. The van der Waals surface area contributed by atoms with E-state index in [-0.39, 0.29) is 16.6 Å². The van der Waals surface area contributed by atoms with Crippen LogP contribution in [0.5, 0.6) is 0 Å². The van der Waals surface area contributed by atoms with Crippen LogP contribution in [0, 0.1) is 0 Å². The number of anilines is 1. The molecule has 170 valence electrons. The van der Waals surface area contributed by atoms with Crippen molar-refractivity contribution in [3.63, 3.8) is 0 Å². The fourth-order valence-corrected chi connectivity index (χ4v) is 4.10. The zero-order chi connectivity index (χ0) is 23.0. The second-order valence-corrected chi connectivity index (χ2v) is 9.37. The van der Waals surface area contributed by atoms with Crippen molar-refractivity contribution in [3.05, 3.63) is 54.1 Å². The lowest BCUT2D eigenvalue weighted by atomic mass is 10.1. The average molecular weight is 476 g/mol. The van der Waals surface area contributed by atoms with Crippen LogP contribution in [0.2, 0.25) is 0 Å². The molecule has 3 rings (SSSR count). The van der Waals surface area contributed by atoms with Crippen LogP contribution in [0.25, 0.3) is 10.9 Å². The second-order valence-electron chi connectivity index (χ2n) is 6.87. The summed E-state index contributed by atoms with van der Waals surface area (Å²) in [5.74, 6) is 0.750. The van der Waals surface area contributed by atoms with E-state index in [1.165, 1.54) is 23.9 Å². The van der Waals surface area contributed by atoms with Crippen molar-refractivity contribution in [2.75, 3.05) is 37.9 Å². The van der Waals surface area contributed by atoms with E-state index in [0.29, 0.717) is 37.1 Å². The molecule has 0 saturated carbocycles. The molecule has 1 amide bonds. The smallest absolute Gasteiger partial charge is 0.238 e. The third-order valence-electron chi connectivity index (χ3n) is 4.50. The van der Waals surface area contributed by atoms with E-state index in [2.05, 4.69) is 20.6 Å². The Bertz CT molecular complexity index is 1170. The Balaban J connectivity index is 1.53. The number of rotatable bonds is 11. The minimum Gasteiger partial charge on any atom is -0.383 e. The number of carbonyl (C=O) groups excluding carboxylic acids is 1. The first-order valence-corrected chi connectivity index (χ1v) is 12.4. The topological polar surface area (TPSA) is 136 Å². The van der Waals surface area contributed by atoms with Crippen molar-refractivity contribution in [2.24, 2.45) is 5.14 Å². The molecule has 0 aliphatic rings. The van der Waals surface area contributed by atoms with Gasteiger partial charge in [0.05, 0.1) is 22.8 Å². The van der Waals surface area contributed by atoms with Crippen LogP contribution < -0.4 is 15.8 Å². The van der Waals surface area contributed by atoms with E-state index in [4.69, 9.17) is 9.88 Å². The summed E-state index contributed by atoms with van der Waals surface area (Å²) in [5.41, 5.74) is 1.70. The predicted octanol–water partition coefficient (Wildman–Crippen LogP) is 1.79. The van der Waals surface area contributed by atoms with Gasteiger partial charge in [-0.25, -0.2) is 23.5 Å². The third kappa shape index (κ3) is 6.89. The molecule has 9 nitrogen and oxygen atoms in total. The number of primary sulfonamides is 1. The van der Waals surface area contributed by atoms with Crippen LogP contribution in [0.3, 0.4) is 0 Å². The van der Waals surface area contributed by atoms with Gasteiger partial charge >= 0.3 is 0 Å². The number of ether oxygens (including phenoxy) is 1. The SMILES string of the molecule is COCCNc1nc(SCC(=O)NCCc2ccc(S(N)(=O)=O)cc2)nc2ccccc12. The summed E-state index contributed by atoms with van der Waals surface area (Å²) in [6, 6.07) is 14.0. The maximum atomic E-state index is 12.2. The largest absolute Gasteiger partial charge is 0.383 e. The highest BCUT2D eigenvalue weighted by Crippen LogP contribution is 2.24. The summed E-state index contributed by atoms with van der Waals surface area (Å²) in [7, 11) is -2.07. The molecule has 0 radical (unpaired) electrons. The van der Waals surface area contributed by atoms with Gasteiger partial charge in [-0.15, -0.1) is 0 Å². The summed E-state index contributed by atoms with van der Waals surface area (Å²) in [6.45, 7) is 1.59. The summed E-state index contributed by atoms with van der Waals surface area (Å²) < 4.78 is 27.7. The number of thioether (sulfide) groups is 1. The molecule has 1 aromatic heterocycles. The first-order chi connectivity index (χ1) is 15.4. The van der Waals surface area contributed by atoms with Gasteiger partial charge in [-0.3, -0.25) is 4.79 Å². The van der Waals surface area contributed by atoms with Crippen molar-refractivity contribution in [2.45, 2.75) is 16.5 Å². The molecule has 32 heavy (non-hydrogen) atoms. The minimum atomic E-state index is -3.71. The van der Waals surface area contributed by atoms with Gasteiger partial charge in [0.25, 0.3) is 0 Å². The van der Waals surface area contributed by atoms with E-state index in [9.17, 15) is 13.2 Å². The molecule has 11 heteroatoms. The molecular weight excluding hydrogens is 450 g/mol. The summed E-state index contributed by atoms with van der Waals surface area (Å²) in [5, 5.41) is 12.6. The van der Waals surface area contributed by atoms with E-state index < -0.39 is 10.0 Å². The van der Waals surface area contributed by atoms with Crippen molar-refractivity contribution < 1.29 is 17.9 Å². The van der Waals surface area contributed by atoms with Gasteiger partial charge < -0.3 is 15.4 Å². The Kier molecular flexibility index (Phi) is 8.39. The van der Waals surface area contributed by atoms with Crippen LogP contribution in [0.15, 0.2) is 58.6 Å². The predicted molar refractivity (Wildman–Crippen MR) is 125 cm³/mol. The number of carbonyl (C=O) groups is 1. The molecule has 4 N–H and O–H groups in total. The Morgan fingerprint density at radius 3 is 2.56 bits per heavy atom.